The fourth-order valence-corrected chi connectivity index (χ4v) is 1.70. The minimum atomic E-state index is -0.275. The van der Waals surface area contributed by atoms with Crippen LogP contribution < -0.4 is 0 Å². The molecule has 0 N–H and O–H groups in total. The molecule has 0 atom stereocenters. The molecule has 0 aliphatic heterocycles. The van der Waals surface area contributed by atoms with Gasteiger partial charge in [-0.3, -0.25) is 9.69 Å². The van der Waals surface area contributed by atoms with Gasteiger partial charge in [-0.25, -0.2) is 0 Å². The summed E-state index contributed by atoms with van der Waals surface area (Å²) < 4.78 is 0. The van der Waals surface area contributed by atoms with Crippen molar-refractivity contribution in [2.45, 2.75) is 27.3 Å². The molecular weight excluding hydrogens is 234 g/mol. The monoisotopic (exact) mass is 253 g/mol. The highest BCUT2D eigenvalue weighted by Gasteiger charge is 2.22. The van der Waals surface area contributed by atoms with E-state index in [-0.39, 0.29) is 11.2 Å². The molecule has 0 aliphatic carbocycles. The highest BCUT2D eigenvalue weighted by atomic mass is 35.5. The molecule has 0 radical (unpaired) electrons. The Balaban J connectivity index is 2.56. The van der Waals surface area contributed by atoms with Crippen molar-refractivity contribution in [3.63, 3.8) is 0 Å². The van der Waals surface area contributed by atoms with Crippen LogP contribution in [0.25, 0.3) is 0 Å². The van der Waals surface area contributed by atoms with Crippen LogP contribution in [0, 0.1) is 5.41 Å². The maximum atomic E-state index is 11.9. The van der Waals surface area contributed by atoms with Gasteiger partial charge in [0.2, 0.25) is 0 Å². The number of nitrogens with zero attached hydrogens (tertiary/aromatic N) is 1. The summed E-state index contributed by atoms with van der Waals surface area (Å²) in [6.45, 7) is 7.05. The second-order valence-electron chi connectivity index (χ2n) is 5.48. The van der Waals surface area contributed by atoms with E-state index in [2.05, 4.69) is 0 Å². The number of carbonyl (C=O) groups excluding carboxylic acids is 1. The van der Waals surface area contributed by atoms with Crippen molar-refractivity contribution < 1.29 is 4.79 Å². The van der Waals surface area contributed by atoms with Gasteiger partial charge in [0.25, 0.3) is 0 Å². The van der Waals surface area contributed by atoms with Crippen LogP contribution in [0.5, 0.6) is 0 Å². The van der Waals surface area contributed by atoms with E-state index in [0.29, 0.717) is 6.54 Å². The highest BCUT2D eigenvalue weighted by molar-refractivity contribution is 6.30. The van der Waals surface area contributed by atoms with Gasteiger partial charge in [0.15, 0.2) is 5.78 Å². The van der Waals surface area contributed by atoms with Gasteiger partial charge in [0.1, 0.15) is 0 Å². The topological polar surface area (TPSA) is 20.3 Å². The van der Waals surface area contributed by atoms with Crippen LogP contribution >= 0.6 is 11.6 Å². The van der Waals surface area contributed by atoms with Gasteiger partial charge >= 0.3 is 0 Å². The molecule has 0 fully saturated rings. The lowest BCUT2D eigenvalue weighted by Crippen LogP contribution is -2.33. The average molecular weight is 254 g/mol. The molecule has 0 aromatic heterocycles. The first-order valence-electron chi connectivity index (χ1n) is 5.75. The Morgan fingerprint density at radius 3 is 2.53 bits per heavy atom. The Morgan fingerprint density at radius 1 is 1.35 bits per heavy atom. The zero-order chi connectivity index (χ0) is 13.1. The summed E-state index contributed by atoms with van der Waals surface area (Å²) in [5.74, 6) is 0.252. The molecule has 2 nitrogen and oxygen atoms in total. The minimum Gasteiger partial charge on any atom is -0.298 e. The van der Waals surface area contributed by atoms with Gasteiger partial charge in [0, 0.05) is 17.0 Å². The average Bonchev–Trinajstić information content (AvgIpc) is 2.15. The fourth-order valence-electron chi connectivity index (χ4n) is 1.49. The lowest BCUT2D eigenvalue weighted by molar-refractivity contribution is -0.127. The summed E-state index contributed by atoms with van der Waals surface area (Å²) in [6.07, 6.45) is 0. The third-order valence-electron chi connectivity index (χ3n) is 2.59. The van der Waals surface area contributed by atoms with Gasteiger partial charge in [-0.2, -0.15) is 0 Å². The summed E-state index contributed by atoms with van der Waals surface area (Å²) in [7, 11) is 1.95. The van der Waals surface area contributed by atoms with Crippen LogP contribution in [0.3, 0.4) is 0 Å². The zero-order valence-corrected chi connectivity index (χ0v) is 11.7. The standard InChI is InChI=1S/C14H20ClNO/c1-14(2,3)13(17)10-16(4)9-11-6-5-7-12(15)8-11/h5-8H,9-10H2,1-4H3. The van der Waals surface area contributed by atoms with Gasteiger partial charge in [-0.1, -0.05) is 44.5 Å². The van der Waals surface area contributed by atoms with Crippen molar-refractivity contribution in [2.24, 2.45) is 5.41 Å². The normalized spacial score (nSPS) is 11.9. The summed E-state index contributed by atoms with van der Waals surface area (Å²) in [5, 5.41) is 0.734. The maximum absolute atomic E-state index is 11.9. The van der Waals surface area contributed by atoms with E-state index < -0.39 is 0 Å². The van der Waals surface area contributed by atoms with E-state index in [1.807, 2.05) is 57.0 Å². The molecule has 1 aromatic carbocycles. The molecule has 3 heteroatoms. The first-order valence-corrected chi connectivity index (χ1v) is 6.13. The van der Waals surface area contributed by atoms with E-state index in [0.717, 1.165) is 17.1 Å². The van der Waals surface area contributed by atoms with E-state index in [1.165, 1.54) is 0 Å². The van der Waals surface area contributed by atoms with Gasteiger partial charge < -0.3 is 0 Å². The molecule has 0 unspecified atom stereocenters. The number of ketones is 1. The van der Waals surface area contributed by atoms with Crippen LogP contribution in [0.2, 0.25) is 5.02 Å². The predicted molar refractivity (Wildman–Crippen MR) is 72.2 cm³/mol. The van der Waals surface area contributed by atoms with Gasteiger partial charge in [-0.15, -0.1) is 0 Å². The van der Waals surface area contributed by atoms with Crippen LogP contribution in [0.15, 0.2) is 24.3 Å². The number of halogens is 1. The van der Waals surface area contributed by atoms with Crippen LogP contribution in [0.4, 0.5) is 0 Å². The number of Topliss-reactive ketones (excluding diaryl/α,β-unsaturated/α-hetero) is 1. The Labute approximate surface area is 109 Å². The van der Waals surface area contributed by atoms with Crippen molar-refractivity contribution in [1.29, 1.82) is 0 Å². The van der Waals surface area contributed by atoms with Crippen molar-refractivity contribution in [3.8, 4) is 0 Å². The molecule has 0 bridgehead atoms. The van der Waals surface area contributed by atoms with Crippen molar-refractivity contribution in [2.75, 3.05) is 13.6 Å². The third kappa shape index (κ3) is 4.88. The second-order valence-corrected chi connectivity index (χ2v) is 5.91. The van der Waals surface area contributed by atoms with Crippen LogP contribution in [-0.2, 0) is 11.3 Å². The number of carbonyl (C=O) groups is 1. The van der Waals surface area contributed by atoms with E-state index in [9.17, 15) is 4.79 Å². The SMILES string of the molecule is CN(CC(=O)C(C)(C)C)Cc1cccc(Cl)c1. The van der Waals surface area contributed by atoms with Crippen molar-refractivity contribution >= 4 is 17.4 Å². The molecule has 0 amide bonds. The molecule has 0 aliphatic rings. The second kappa shape index (κ2) is 5.65. The fraction of sp³-hybridized carbons (Fsp3) is 0.500. The predicted octanol–water partition coefficient (Wildman–Crippen LogP) is 3.39. The number of hydrogen-bond acceptors (Lipinski definition) is 2. The number of rotatable bonds is 4. The van der Waals surface area contributed by atoms with Gasteiger partial charge in [0.05, 0.1) is 6.54 Å². The first-order chi connectivity index (χ1) is 7.79. The maximum Gasteiger partial charge on any atom is 0.152 e. The Kier molecular flexibility index (Phi) is 4.72. The first kappa shape index (κ1) is 14.2. The lowest BCUT2D eigenvalue weighted by atomic mass is 9.90. The number of benzene rings is 1. The quantitative estimate of drug-likeness (QED) is 0.820. The zero-order valence-electron chi connectivity index (χ0n) is 11.0. The lowest BCUT2D eigenvalue weighted by Gasteiger charge is -2.22. The molecule has 17 heavy (non-hydrogen) atoms. The summed E-state index contributed by atoms with van der Waals surface area (Å²) in [6, 6.07) is 7.73. The molecule has 1 rings (SSSR count). The Morgan fingerprint density at radius 2 is 2.00 bits per heavy atom. The highest BCUT2D eigenvalue weighted by Crippen LogP contribution is 2.16. The molecule has 0 saturated carbocycles. The smallest absolute Gasteiger partial charge is 0.152 e. The molecule has 0 spiro atoms. The minimum absolute atomic E-state index is 0.252. The van der Waals surface area contributed by atoms with Crippen molar-refractivity contribution in [3.05, 3.63) is 34.9 Å². The van der Waals surface area contributed by atoms with Crippen molar-refractivity contribution in [1.82, 2.24) is 4.90 Å². The molecule has 0 saturated heterocycles. The Bertz CT molecular complexity index is 395. The molecule has 1 aromatic rings. The largest absolute Gasteiger partial charge is 0.298 e. The molecular formula is C14H20ClNO. The van der Waals surface area contributed by atoms with Gasteiger partial charge in [-0.05, 0) is 24.7 Å². The summed E-state index contributed by atoms with van der Waals surface area (Å²) in [5.41, 5.74) is 0.851. The molecule has 94 valence electrons. The summed E-state index contributed by atoms with van der Waals surface area (Å²) >= 11 is 5.92. The van der Waals surface area contributed by atoms with E-state index in [4.69, 9.17) is 11.6 Å². The Hall–Kier alpha value is -0.860. The molecule has 0 heterocycles. The van der Waals surface area contributed by atoms with Crippen LogP contribution in [0.1, 0.15) is 26.3 Å². The number of hydrogen-bond donors (Lipinski definition) is 0. The summed E-state index contributed by atoms with van der Waals surface area (Å²) in [4.78, 5) is 13.9. The third-order valence-corrected chi connectivity index (χ3v) is 2.83. The van der Waals surface area contributed by atoms with E-state index >= 15 is 0 Å². The van der Waals surface area contributed by atoms with E-state index in [1.54, 1.807) is 0 Å². The van der Waals surface area contributed by atoms with Crippen LogP contribution in [-0.4, -0.2) is 24.3 Å². The number of likely N-dealkylation sites (N-methyl/N-ethyl adjacent to an activating group) is 1.